The lowest BCUT2D eigenvalue weighted by atomic mass is 9.78. The molecule has 1 heterocycles. The van der Waals surface area contributed by atoms with Crippen molar-refractivity contribution in [3.05, 3.63) is 42.1 Å². The first-order valence-corrected chi connectivity index (χ1v) is 5.95. The summed E-state index contributed by atoms with van der Waals surface area (Å²) in [5.74, 6) is 0.669. The van der Waals surface area contributed by atoms with Gasteiger partial charge in [-0.2, -0.15) is 0 Å². The van der Waals surface area contributed by atoms with E-state index in [1.807, 2.05) is 24.4 Å². The molecule has 0 saturated heterocycles. The maximum absolute atomic E-state index is 6.25. The molecule has 0 amide bonds. The van der Waals surface area contributed by atoms with Gasteiger partial charge in [0.1, 0.15) is 0 Å². The van der Waals surface area contributed by atoms with Gasteiger partial charge in [-0.25, -0.2) is 0 Å². The van der Waals surface area contributed by atoms with Crippen LogP contribution in [0.1, 0.15) is 30.9 Å². The summed E-state index contributed by atoms with van der Waals surface area (Å²) in [6.45, 7) is 0. The molecule has 82 valence electrons. The molecule has 2 N–H and O–H groups in total. The third-order valence-electron chi connectivity index (χ3n) is 3.65. The highest BCUT2D eigenvalue weighted by Crippen LogP contribution is 2.36. The molecule has 1 saturated carbocycles. The lowest BCUT2D eigenvalue weighted by molar-refractivity contribution is 0.264. The Labute approximate surface area is 95.5 Å². The van der Waals surface area contributed by atoms with Crippen LogP contribution in [0.5, 0.6) is 0 Å². The third-order valence-corrected chi connectivity index (χ3v) is 3.65. The molecule has 1 aliphatic rings. The fourth-order valence-electron chi connectivity index (χ4n) is 2.34. The van der Waals surface area contributed by atoms with Crippen LogP contribution in [0.15, 0.2) is 36.5 Å². The summed E-state index contributed by atoms with van der Waals surface area (Å²) in [5, 5.41) is 1.19. The van der Waals surface area contributed by atoms with Crippen LogP contribution in [0.3, 0.4) is 0 Å². The molecular formula is C14H16N2. The number of fused-ring (bicyclic) bond motifs is 1. The minimum atomic E-state index is 0.172. The van der Waals surface area contributed by atoms with E-state index in [1.165, 1.54) is 30.2 Å². The first-order chi connectivity index (χ1) is 7.84. The van der Waals surface area contributed by atoms with Crippen LogP contribution in [0.2, 0.25) is 0 Å². The highest BCUT2D eigenvalue weighted by molar-refractivity contribution is 5.78. The molecule has 1 aromatic heterocycles. The Balaban J connectivity index is 1.97. The molecule has 1 aliphatic carbocycles. The summed E-state index contributed by atoms with van der Waals surface area (Å²) in [5.41, 5.74) is 8.48. The lowest BCUT2D eigenvalue weighted by Crippen LogP contribution is -2.26. The van der Waals surface area contributed by atoms with Crippen molar-refractivity contribution in [1.82, 2.24) is 4.98 Å². The Morgan fingerprint density at radius 1 is 1.25 bits per heavy atom. The normalized spacial score (nSPS) is 18.3. The van der Waals surface area contributed by atoms with Crippen molar-refractivity contribution in [1.29, 1.82) is 0 Å². The molecule has 0 bridgehead atoms. The van der Waals surface area contributed by atoms with Gasteiger partial charge < -0.3 is 5.73 Å². The van der Waals surface area contributed by atoms with E-state index in [-0.39, 0.29) is 6.04 Å². The average Bonchev–Trinajstić information content (AvgIpc) is 2.26. The van der Waals surface area contributed by atoms with E-state index < -0.39 is 0 Å². The molecule has 0 radical (unpaired) electrons. The summed E-state index contributed by atoms with van der Waals surface area (Å²) in [7, 11) is 0. The van der Waals surface area contributed by atoms with Gasteiger partial charge in [-0.3, -0.25) is 4.98 Å². The van der Waals surface area contributed by atoms with Crippen LogP contribution in [0.4, 0.5) is 0 Å². The monoisotopic (exact) mass is 212 g/mol. The molecule has 1 fully saturated rings. The van der Waals surface area contributed by atoms with Crippen molar-refractivity contribution in [2.24, 2.45) is 11.7 Å². The fourth-order valence-corrected chi connectivity index (χ4v) is 2.34. The first-order valence-electron chi connectivity index (χ1n) is 5.95. The van der Waals surface area contributed by atoms with E-state index in [2.05, 4.69) is 17.1 Å². The molecule has 1 unspecified atom stereocenters. The number of nitrogens with two attached hydrogens (primary N) is 1. The van der Waals surface area contributed by atoms with Gasteiger partial charge in [0.2, 0.25) is 0 Å². The minimum Gasteiger partial charge on any atom is -0.324 e. The average molecular weight is 212 g/mol. The summed E-state index contributed by atoms with van der Waals surface area (Å²) < 4.78 is 0. The molecule has 16 heavy (non-hydrogen) atoms. The van der Waals surface area contributed by atoms with E-state index >= 15 is 0 Å². The Hall–Kier alpha value is -1.41. The lowest BCUT2D eigenvalue weighted by Gasteiger charge is -2.31. The number of rotatable bonds is 2. The van der Waals surface area contributed by atoms with Crippen LogP contribution < -0.4 is 5.73 Å². The maximum Gasteiger partial charge on any atom is 0.0702 e. The molecule has 0 aliphatic heterocycles. The number of benzene rings is 1. The third kappa shape index (κ3) is 1.59. The van der Waals surface area contributed by atoms with E-state index in [0.29, 0.717) is 5.92 Å². The van der Waals surface area contributed by atoms with Gasteiger partial charge in [-0.1, -0.05) is 24.6 Å². The molecule has 3 rings (SSSR count). The number of pyridine rings is 1. The number of hydrogen-bond acceptors (Lipinski definition) is 2. The van der Waals surface area contributed by atoms with Gasteiger partial charge in [0.25, 0.3) is 0 Å². The van der Waals surface area contributed by atoms with Gasteiger partial charge in [0.15, 0.2) is 0 Å². The predicted octanol–water partition coefficient (Wildman–Crippen LogP) is 3.03. The molecular weight excluding hydrogens is 196 g/mol. The topological polar surface area (TPSA) is 38.9 Å². The zero-order valence-electron chi connectivity index (χ0n) is 9.26. The van der Waals surface area contributed by atoms with Gasteiger partial charge >= 0.3 is 0 Å². The molecule has 1 aromatic carbocycles. The highest BCUT2D eigenvalue weighted by atomic mass is 14.7. The molecule has 1 atom stereocenters. The molecule has 2 heteroatoms. The quantitative estimate of drug-likeness (QED) is 0.831. The second-order valence-electron chi connectivity index (χ2n) is 4.68. The van der Waals surface area contributed by atoms with Crippen molar-refractivity contribution < 1.29 is 0 Å². The van der Waals surface area contributed by atoms with Crippen molar-refractivity contribution in [3.8, 4) is 0 Å². The zero-order valence-corrected chi connectivity index (χ0v) is 9.26. The Bertz CT molecular complexity index is 503. The standard InChI is InChI=1S/C14H16N2/c15-14(10-5-3-6-10)12-8-11-4-1-2-7-13(11)16-9-12/h1-2,4,7-10,14H,3,5-6,15H2. The van der Waals surface area contributed by atoms with E-state index in [1.54, 1.807) is 0 Å². The summed E-state index contributed by atoms with van der Waals surface area (Å²) in [6, 6.07) is 10.5. The van der Waals surface area contributed by atoms with Gasteiger partial charge in [0.05, 0.1) is 5.52 Å². The Morgan fingerprint density at radius 2 is 2.06 bits per heavy atom. The second kappa shape index (κ2) is 3.87. The zero-order chi connectivity index (χ0) is 11.0. The van der Waals surface area contributed by atoms with E-state index in [4.69, 9.17) is 5.73 Å². The summed E-state index contributed by atoms with van der Waals surface area (Å²) in [6.07, 6.45) is 5.81. The highest BCUT2D eigenvalue weighted by Gasteiger charge is 2.25. The van der Waals surface area contributed by atoms with Crippen LogP contribution in [-0.2, 0) is 0 Å². The number of para-hydroxylation sites is 1. The van der Waals surface area contributed by atoms with E-state index in [0.717, 1.165) is 5.52 Å². The number of aromatic nitrogens is 1. The number of nitrogens with zero attached hydrogens (tertiary/aromatic N) is 1. The van der Waals surface area contributed by atoms with Crippen molar-refractivity contribution >= 4 is 10.9 Å². The van der Waals surface area contributed by atoms with Crippen molar-refractivity contribution in [3.63, 3.8) is 0 Å². The maximum atomic E-state index is 6.25. The van der Waals surface area contributed by atoms with Gasteiger partial charge in [-0.15, -0.1) is 0 Å². The SMILES string of the molecule is NC(c1cnc2ccccc2c1)C1CCC1. The number of hydrogen-bond donors (Lipinski definition) is 1. The Kier molecular flexibility index (Phi) is 2.37. The molecule has 0 spiro atoms. The first kappa shape index (κ1) is 9.79. The van der Waals surface area contributed by atoms with Gasteiger partial charge in [-0.05, 0) is 36.5 Å². The molecule has 2 nitrogen and oxygen atoms in total. The fraction of sp³-hybridized carbons (Fsp3) is 0.357. The smallest absolute Gasteiger partial charge is 0.0702 e. The van der Waals surface area contributed by atoms with E-state index in [9.17, 15) is 0 Å². The minimum absolute atomic E-state index is 0.172. The second-order valence-corrected chi connectivity index (χ2v) is 4.68. The summed E-state index contributed by atoms with van der Waals surface area (Å²) in [4.78, 5) is 4.46. The van der Waals surface area contributed by atoms with Crippen molar-refractivity contribution in [2.45, 2.75) is 25.3 Å². The molecule has 2 aromatic rings. The largest absolute Gasteiger partial charge is 0.324 e. The van der Waals surface area contributed by atoms with Crippen LogP contribution in [0.25, 0.3) is 10.9 Å². The van der Waals surface area contributed by atoms with Crippen molar-refractivity contribution in [2.75, 3.05) is 0 Å². The Morgan fingerprint density at radius 3 is 2.81 bits per heavy atom. The van der Waals surface area contributed by atoms with Crippen LogP contribution in [-0.4, -0.2) is 4.98 Å². The summed E-state index contributed by atoms with van der Waals surface area (Å²) >= 11 is 0. The predicted molar refractivity (Wildman–Crippen MR) is 66.0 cm³/mol. The van der Waals surface area contributed by atoms with Crippen LogP contribution >= 0.6 is 0 Å². The van der Waals surface area contributed by atoms with Crippen LogP contribution in [0, 0.1) is 5.92 Å². The van der Waals surface area contributed by atoms with Gasteiger partial charge in [0, 0.05) is 17.6 Å².